The number of nitrogens with two attached hydrogens (primary N) is 1. The van der Waals surface area contributed by atoms with Gasteiger partial charge in [-0.15, -0.1) is 0 Å². The number of nitrogens with one attached hydrogen (secondary N) is 1. The number of hydrogen-bond donors (Lipinski definition) is 2. The number of aryl methyl sites for hydroxylation is 2. The second kappa shape index (κ2) is 9.87. The first kappa shape index (κ1) is 22.5. The van der Waals surface area contributed by atoms with Gasteiger partial charge in [0.2, 0.25) is 0 Å². The van der Waals surface area contributed by atoms with E-state index < -0.39 is 0 Å². The van der Waals surface area contributed by atoms with Gasteiger partial charge in [-0.1, -0.05) is 42.5 Å². The topological polar surface area (TPSA) is 102 Å². The second-order valence-electron chi connectivity index (χ2n) is 8.59. The van der Waals surface area contributed by atoms with Gasteiger partial charge in [-0.25, -0.2) is 9.78 Å². The van der Waals surface area contributed by atoms with E-state index in [1.54, 1.807) is 4.57 Å². The van der Waals surface area contributed by atoms with Gasteiger partial charge in [-0.2, -0.15) is 0 Å². The molecule has 0 fully saturated rings. The van der Waals surface area contributed by atoms with Crippen LogP contribution in [0.2, 0.25) is 0 Å². The van der Waals surface area contributed by atoms with Gasteiger partial charge in [0, 0.05) is 25.2 Å². The van der Waals surface area contributed by atoms with E-state index in [2.05, 4.69) is 9.97 Å². The molecule has 2 aromatic heterocycles. The van der Waals surface area contributed by atoms with Crippen molar-refractivity contribution in [2.75, 3.05) is 26.4 Å². The molecule has 4 aromatic rings. The van der Waals surface area contributed by atoms with Gasteiger partial charge in [-0.3, -0.25) is 13.9 Å². The molecule has 0 aliphatic carbocycles. The Labute approximate surface area is 192 Å². The van der Waals surface area contributed by atoms with Crippen molar-refractivity contribution in [2.45, 2.75) is 32.4 Å². The first-order valence-electron chi connectivity index (χ1n) is 11.2. The molecule has 0 radical (unpaired) electrons. The number of imidazole rings is 1. The molecule has 8 heteroatoms. The smallest absolute Gasteiger partial charge is 0.332 e. The van der Waals surface area contributed by atoms with E-state index in [1.165, 1.54) is 4.57 Å². The van der Waals surface area contributed by atoms with E-state index in [9.17, 15) is 9.59 Å². The van der Waals surface area contributed by atoms with Crippen LogP contribution in [0.15, 0.2) is 64.2 Å². The molecule has 33 heavy (non-hydrogen) atoms. The summed E-state index contributed by atoms with van der Waals surface area (Å²) in [6.45, 7) is 1.55. The Morgan fingerprint density at radius 1 is 0.970 bits per heavy atom. The summed E-state index contributed by atoms with van der Waals surface area (Å²) in [5.41, 5.74) is 8.84. The van der Waals surface area contributed by atoms with E-state index in [0.29, 0.717) is 55.0 Å². The van der Waals surface area contributed by atoms with Crippen molar-refractivity contribution in [2.24, 2.45) is 0 Å². The minimum Gasteiger partial charge on any atom is -0.399 e. The van der Waals surface area contributed by atoms with E-state index in [4.69, 9.17) is 5.73 Å². The normalized spacial score (nSPS) is 11.5. The highest BCUT2D eigenvalue weighted by Gasteiger charge is 2.17. The van der Waals surface area contributed by atoms with E-state index >= 15 is 0 Å². The van der Waals surface area contributed by atoms with Crippen LogP contribution in [0.25, 0.3) is 11.2 Å². The Balaban J connectivity index is 1.74. The van der Waals surface area contributed by atoms with Crippen LogP contribution in [0.4, 0.5) is 5.69 Å². The SMILES string of the molecule is CN(C)CCCn1c(=O)c2[nH]c(Cc3ccccc3)nc2n(CCc2cccc(N)c2)c1=O. The van der Waals surface area contributed by atoms with Crippen LogP contribution in [0.1, 0.15) is 23.4 Å². The van der Waals surface area contributed by atoms with Crippen molar-refractivity contribution < 1.29 is 0 Å². The maximum Gasteiger partial charge on any atom is 0.332 e. The molecule has 2 aromatic carbocycles. The van der Waals surface area contributed by atoms with Crippen LogP contribution in [-0.4, -0.2) is 44.6 Å². The van der Waals surface area contributed by atoms with Gasteiger partial charge in [-0.05, 0) is 56.7 Å². The van der Waals surface area contributed by atoms with Crippen LogP contribution in [-0.2, 0) is 25.9 Å². The number of aromatic amines is 1. The maximum absolute atomic E-state index is 13.4. The number of benzene rings is 2. The lowest BCUT2D eigenvalue weighted by Gasteiger charge is -2.13. The first-order valence-corrected chi connectivity index (χ1v) is 11.2. The third-order valence-electron chi connectivity index (χ3n) is 5.69. The molecular weight excluding hydrogens is 416 g/mol. The van der Waals surface area contributed by atoms with Crippen LogP contribution in [0.3, 0.4) is 0 Å². The molecule has 172 valence electrons. The van der Waals surface area contributed by atoms with Crippen molar-refractivity contribution in [3.8, 4) is 0 Å². The van der Waals surface area contributed by atoms with E-state index in [0.717, 1.165) is 17.7 Å². The van der Waals surface area contributed by atoms with E-state index in [1.807, 2.05) is 73.6 Å². The Hall–Kier alpha value is -3.65. The predicted molar refractivity (Wildman–Crippen MR) is 132 cm³/mol. The molecule has 0 bridgehead atoms. The minimum atomic E-state index is -0.326. The van der Waals surface area contributed by atoms with Gasteiger partial charge in [0.05, 0.1) is 0 Å². The summed E-state index contributed by atoms with van der Waals surface area (Å²) < 4.78 is 2.94. The van der Waals surface area contributed by atoms with Gasteiger partial charge < -0.3 is 15.6 Å². The van der Waals surface area contributed by atoms with Gasteiger partial charge in [0.1, 0.15) is 11.3 Å². The summed E-state index contributed by atoms with van der Waals surface area (Å²) in [7, 11) is 3.95. The molecule has 0 unspecified atom stereocenters. The van der Waals surface area contributed by atoms with Crippen LogP contribution in [0.5, 0.6) is 0 Å². The molecule has 8 nitrogen and oxygen atoms in total. The molecule has 0 amide bonds. The monoisotopic (exact) mass is 446 g/mol. The number of hydrogen-bond acceptors (Lipinski definition) is 5. The molecule has 0 spiro atoms. The third-order valence-corrected chi connectivity index (χ3v) is 5.69. The van der Waals surface area contributed by atoms with Crippen molar-refractivity contribution in [3.05, 3.63) is 92.4 Å². The fourth-order valence-corrected chi connectivity index (χ4v) is 4.02. The molecular formula is C25H30N6O2. The number of fused-ring (bicyclic) bond motifs is 1. The molecule has 2 heterocycles. The number of anilines is 1. The standard InChI is InChI=1S/C25H30N6O2/c1-29(2)13-7-14-31-24(32)22-23(28-21(27-22)17-18-8-4-3-5-9-18)30(25(31)33)15-12-19-10-6-11-20(26)16-19/h3-6,8-11,16H,7,12-15,17,26H2,1-2H3,(H,27,28). The zero-order chi connectivity index (χ0) is 23.4. The molecule has 0 saturated heterocycles. The number of H-pyrrole nitrogens is 1. The lowest BCUT2D eigenvalue weighted by atomic mass is 10.1. The molecule has 0 aliphatic heterocycles. The molecule has 4 rings (SSSR count). The van der Waals surface area contributed by atoms with Gasteiger partial charge in [0.15, 0.2) is 5.65 Å². The molecule has 0 aliphatic rings. The van der Waals surface area contributed by atoms with Crippen molar-refractivity contribution in [1.29, 1.82) is 0 Å². The fourth-order valence-electron chi connectivity index (χ4n) is 4.02. The highest BCUT2D eigenvalue weighted by atomic mass is 16.2. The fraction of sp³-hybridized carbons (Fsp3) is 0.320. The zero-order valence-electron chi connectivity index (χ0n) is 19.1. The average Bonchev–Trinajstić information content (AvgIpc) is 3.20. The highest BCUT2D eigenvalue weighted by Crippen LogP contribution is 2.13. The molecule has 0 atom stereocenters. The Morgan fingerprint density at radius 2 is 1.73 bits per heavy atom. The largest absolute Gasteiger partial charge is 0.399 e. The van der Waals surface area contributed by atoms with Gasteiger partial charge >= 0.3 is 5.69 Å². The number of nitrogen functional groups attached to an aromatic ring is 1. The highest BCUT2D eigenvalue weighted by molar-refractivity contribution is 5.70. The summed E-state index contributed by atoms with van der Waals surface area (Å²) in [4.78, 5) is 36.5. The lowest BCUT2D eigenvalue weighted by Crippen LogP contribution is -2.41. The summed E-state index contributed by atoms with van der Waals surface area (Å²) in [6.07, 6.45) is 1.86. The molecule has 0 saturated carbocycles. The number of aromatic nitrogens is 4. The summed E-state index contributed by atoms with van der Waals surface area (Å²) in [5.74, 6) is 0.663. The predicted octanol–water partition coefficient (Wildman–Crippen LogP) is 2.25. The maximum atomic E-state index is 13.4. The van der Waals surface area contributed by atoms with Crippen molar-refractivity contribution in [1.82, 2.24) is 24.0 Å². The van der Waals surface area contributed by atoms with E-state index in [-0.39, 0.29) is 11.2 Å². The van der Waals surface area contributed by atoms with Gasteiger partial charge in [0.25, 0.3) is 5.56 Å². The second-order valence-corrected chi connectivity index (χ2v) is 8.59. The average molecular weight is 447 g/mol. The summed E-state index contributed by atoms with van der Waals surface area (Å²) >= 11 is 0. The van der Waals surface area contributed by atoms with Crippen LogP contribution >= 0.6 is 0 Å². The Kier molecular flexibility index (Phi) is 6.74. The first-order chi connectivity index (χ1) is 15.9. The number of nitrogens with zero attached hydrogens (tertiary/aromatic N) is 4. The summed E-state index contributed by atoms with van der Waals surface area (Å²) in [5, 5.41) is 0. The lowest BCUT2D eigenvalue weighted by molar-refractivity contribution is 0.380. The Morgan fingerprint density at radius 3 is 2.45 bits per heavy atom. The van der Waals surface area contributed by atoms with Crippen molar-refractivity contribution >= 4 is 16.9 Å². The van der Waals surface area contributed by atoms with Crippen LogP contribution in [0, 0.1) is 0 Å². The minimum absolute atomic E-state index is 0.319. The third kappa shape index (κ3) is 5.23. The number of rotatable bonds is 9. The van der Waals surface area contributed by atoms with Crippen LogP contribution < -0.4 is 17.0 Å². The zero-order valence-corrected chi connectivity index (χ0v) is 19.1. The van der Waals surface area contributed by atoms with Crippen molar-refractivity contribution in [3.63, 3.8) is 0 Å². The quantitative estimate of drug-likeness (QED) is 0.384. The summed E-state index contributed by atoms with van der Waals surface area (Å²) in [6, 6.07) is 17.5. The Bertz CT molecular complexity index is 1350. The molecule has 3 N–H and O–H groups in total.